The number of rotatable bonds is 5. The van der Waals surface area contributed by atoms with E-state index in [1.807, 2.05) is 6.07 Å². The summed E-state index contributed by atoms with van der Waals surface area (Å²) in [6.45, 7) is 2.95. The van der Waals surface area contributed by atoms with Gasteiger partial charge in [0.2, 0.25) is 0 Å². The minimum absolute atomic E-state index is 0.161. The Hall–Kier alpha value is -0.930. The van der Waals surface area contributed by atoms with Gasteiger partial charge in [-0.05, 0) is 31.5 Å². The van der Waals surface area contributed by atoms with E-state index in [1.54, 1.807) is 19.1 Å². The molecular formula is C11H16FNO. The molecule has 0 aliphatic carbocycles. The molecule has 0 radical (unpaired) electrons. The summed E-state index contributed by atoms with van der Waals surface area (Å²) in [5.41, 5.74) is 0.714. The van der Waals surface area contributed by atoms with E-state index in [1.165, 1.54) is 6.07 Å². The Morgan fingerprint density at radius 3 is 2.79 bits per heavy atom. The van der Waals surface area contributed by atoms with Gasteiger partial charge in [-0.3, -0.25) is 0 Å². The van der Waals surface area contributed by atoms with Crippen molar-refractivity contribution < 1.29 is 9.50 Å². The molecule has 0 saturated heterocycles. The van der Waals surface area contributed by atoms with Gasteiger partial charge in [0.1, 0.15) is 5.82 Å². The maximum absolute atomic E-state index is 13.1. The number of hydrogen-bond donors (Lipinski definition) is 2. The van der Waals surface area contributed by atoms with Crippen LogP contribution in [0.25, 0.3) is 0 Å². The standard InChI is InChI=1S/C11H16FNO/c1-9(14)8-13-7-6-10-4-2-3-5-11(10)12/h2-5,9,13-14H,6-8H2,1H3. The fourth-order valence-corrected chi connectivity index (χ4v) is 1.24. The van der Waals surface area contributed by atoms with Crippen LogP contribution in [0, 0.1) is 5.82 Å². The van der Waals surface area contributed by atoms with Crippen molar-refractivity contribution in [1.82, 2.24) is 5.32 Å². The monoisotopic (exact) mass is 197 g/mol. The Morgan fingerprint density at radius 1 is 1.43 bits per heavy atom. The minimum atomic E-state index is -0.351. The van der Waals surface area contributed by atoms with Crippen LogP contribution in [-0.4, -0.2) is 24.3 Å². The lowest BCUT2D eigenvalue weighted by atomic mass is 10.1. The first kappa shape index (κ1) is 11.1. The van der Waals surface area contributed by atoms with Crippen LogP contribution in [0.4, 0.5) is 4.39 Å². The summed E-state index contributed by atoms with van der Waals surface area (Å²) in [7, 11) is 0. The molecule has 0 amide bonds. The Morgan fingerprint density at radius 2 is 2.14 bits per heavy atom. The maximum atomic E-state index is 13.1. The predicted molar refractivity (Wildman–Crippen MR) is 54.7 cm³/mol. The average Bonchev–Trinajstić information content (AvgIpc) is 2.15. The molecule has 0 saturated carbocycles. The normalized spacial score (nSPS) is 12.8. The molecule has 0 aliphatic rings. The Kier molecular flexibility index (Phi) is 4.56. The van der Waals surface area contributed by atoms with Crippen LogP contribution in [0.15, 0.2) is 24.3 Å². The summed E-state index contributed by atoms with van der Waals surface area (Å²) in [6.07, 6.45) is 0.301. The van der Waals surface area contributed by atoms with E-state index in [2.05, 4.69) is 5.32 Å². The van der Waals surface area contributed by atoms with E-state index in [9.17, 15) is 4.39 Å². The van der Waals surface area contributed by atoms with E-state index < -0.39 is 0 Å². The molecule has 1 atom stereocenters. The van der Waals surface area contributed by atoms with Gasteiger partial charge >= 0.3 is 0 Å². The van der Waals surface area contributed by atoms with E-state index in [-0.39, 0.29) is 11.9 Å². The summed E-state index contributed by atoms with van der Waals surface area (Å²) in [4.78, 5) is 0. The van der Waals surface area contributed by atoms with Gasteiger partial charge in [-0.2, -0.15) is 0 Å². The minimum Gasteiger partial charge on any atom is -0.392 e. The summed E-state index contributed by atoms with van der Waals surface area (Å²) in [5, 5.41) is 12.0. The molecular weight excluding hydrogens is 181 g/mol. The van der Waals surface area contributed by atoms with E-state index in [0.717, 1.165) is 0 Å². The Bertz CT molecular complexity index is 276. The van der Waals surface area contributed by atoms with Crippen molar-refractivity contribution in [2.24, 2.45) is 0 Å². The number of nitrogens with one attached hydrogen (secondary N) is 1. The molecule has 1 rings (SSSR count). The van der Waals surface area contributed by atoms with Gasteiger partial charge in [-0.25, -0.2) is 4.39 Å². The maximum Gasteiger partial charge on any atom is 0.126 e. The van der Waals surface area contributed by atoms with Crippen LogP contribution in [0.5, 0.6) is 0 Å². The van der Waals surface area contributed by atoms with Gasteiger partial charge in [0.15, 0.2) is 0 Å². The van der Waals surface area contributed by atoms with Crippen molar-refractivity contribution in [3.8, 4) is 0 Å². The van der Waals surface area contributed by atoms with Gasteiger partial charge in [-0.15, -0.1) is 0 Å². The molecule has 3 heteroatoms. The average molecular weight is 197 g/mol. The van der Waals surface area contributed by atoms with Crippen LogP contribution in [0.2, 0.25) is 0 Å². The highest BCUT2D eigenvalue weighted by atomic mass is 19.1. The van der Waals surface area contributed by atoms with Crippen LogP contribution in [-0.2, 0) is 6.42 Å². The third kappa shape index (κ3) is 3.85. The van der Waals surface area contributed by atoms with Crippen molar-refractivity contribution in [2.75, 3.05) is 13.1 Å². The molecule has 0 aliphatic heterocycles. The molecule has 14 heavy (non-hydrogen) atoms. The summed E-state index contributed by atoms with van der Waals surface area (Å²) in [6, 6.07) is 6.75. The molecule has 78 valence electrons. The van der Waals surface area contributed by atoms with Crippen molar-refractivity contribution in [3.05, 3.63) is 35.6 Å². The largest absolute Gasteiger partial charge is 0.392 e. The van der Waals surface area contributed by atoms with E-state index >= 15 is 0 Å². The van der Waals surface area contributed by atoms with Crippen LogP contribution in [0.3, 0.4) is 0 Å². The molecule has 2 N–H and O–H groups in total. The molecule has 2 nitrogen and oxygen atoms in total. The van der Waals surface area contributed by atoms with Crippen molar-refractivity contribution in [2.45, 2.75) is 19.4 Å². The molecule has 1 aromatic carbocycles. The first-order valence-corrected chi connectivity index (χ1v) is 4.82. The Balaban J connectivity index is 2.28. The summed E-state index contributed by atoms with van der Waals surface area (Å²) >= 11 is 0. The quantitative estimate of drug-likeness (QED) is 0.698. The predicted octanol–water partition coefficient (Wildman–Crippen LogP) is 1.34. The van der Waals surface area contributed by atoms with Crippen molar-refractivity contribution >= 4 is 0 Å². The smallest absolute Gasteiger partial charge is 0.126 e. The van der Waals surface area contributed by atoms with Gasteiger partial charge in [0.05, 0.1) is 6.10 Å². The molecule has 1 unspecified atom stereocenters. The molecule has 0 spiro atoms. The van der Waals surface area contributed by atoms with E-state index in [4.69, 9.17) is 5.11 Å². The van der Waals surface area contributed by atoms with Gasteiger partial charge in [0, 0.05) is 6.54 Å². The number of aliphatic hydroxyl groups excluding tert-OH is 1. The zero-order chi connectivity index (χ0) is 10.4. The van der Waals surface area contributed by atoms with Crippen molar-refractivity contribution in [3.63, 3.8) is 0 Å². The van der Waals surface area contributed by atoms with Gasteiger partial charge in [0.25, 0.3) is 0 Å². The van der Waals surface area contributed by atoms with Gasteiger partial charge in [-0.1, -0.05) is 18.2 Å². The third-order valence-electron chi connectivity index (χ3n) is 1.97. The fraction of sp³-hybridized carbons (Fsp3) is 0.455. The zero-order valence-corrected chi connectivity index (χ0v) is 8.33. The highest BCUT2D eigenvalue weighted by Gasteiger charge is 2.00. The second kappa shape index (κ2) is 5.73. The summed E-state index contributed by atoms with van der Waals surface area (Å²) in [5.74, 6) is -0.161. The lowest BCUT2D eigenvalue weighted by molar-refractivity contribution is 0.191. The lowest BCUT2D eigenvalue weighted by Crippen LogP contribution is -2.26. The van der Waals surface area contributed by atoms with Gasteiger partial charge < -0.3 is 10.4 Å². The number of aliphatic hydroxyl groups is 1. The van der Waals surface area contributed by atoms with Crippen LogP contribution < -0.4 is 5.32 Å². The molecule has 0 bridgehead atoms. The van der Waals surface area contributed by atoms with Crippen LogP contribution in [0.1, 0.15) is 12.5 Å². The topological polar surface area (TPSA) is 32.3 Å². The SMILES string of the molecule is CC(O)CNCCc1ccccc1F. The first-order chi connectivity index (χ1) is 6.70. The zero-order valence-electron chi connectivity index (χ0n) is 8.33. The number of benzene rings is 1. The molecule has 0 aromatic heterocycles. The molecule has 0 fully saturated rings. The molecule has 0 heterocycles. The molecule has 1 aromatic rings. The highest BCUT2D eigenvalue weighted by molar-refractivity contribution is 5.17. The van der Waals surface area contributed by atoms with Crippen molar-refractivity contribution in [1.29, 1.82) is 0 Å². The second-order valence-corrected chi connectivity index (χ2v) is 3.39. The first-order valence-electron chi connectivity index (χ1n) is 4.82. The Labute approximate surface area is 83.8 Å². The third-order valence-corrected chi connectivity index (χ3v) is 1.97. The fourth-order valence-electron chi connectivity index (χ4n) is 1.24. The lowest BCUT2D eigenvalue weighted by Gasteiger charge is -2.07. The summed E-state index contributed by atoms with van der Waals surface area (Å²) < 4.78 is 13.1. The number of halogens is 1. The van der Waals surface area contributed by atoms with E-state index in [0.29, 0.717) is 25.1 Å². The second-order valence-electron chi connectivity index (χ2n) is 3.39. The highest BCUT2D eigenvalue weighted by Crippen LogP contribution is 2.05. The van der Waals surface area contributed by atoms with Crippen LogP contribution >= 0.6 is 0 Å². The number of hydrogen-bond acceptors (Lipinski definition) is 2.